The molecule has 0 bridgehead atoms. The highest BCUT2D eigenvalue weighted by molar-refractivity contribution is 5.85. The average Bonchev–Trinajstić information content (AvgIpc) is 3.29. The normalized spacial score (nSPS) is 28.5. The molecule has 3 fully saturated rings. The van der Waals surface area contributed by atoms with Gasteiger partial charge < -0.3 is 10.1 Å². The number of nitrogens with one attached hydrogen (secondary N) is 1. The van der Waals surface area contributed by atoms with Crippen LogP contribution in [0.3, 0.4) is 0 Å². The zero-order valence-corrected chi connectivity index (χ0v) is 15.0. The van der Waals surface area contributed by atoms with Crippen LogP contribution in [0.25, 0.3) is 0 Å². The molecule has 132 valence electrons. The van der Waals surface area contributed by atoms with Gasteiger partial charge in [0.15, 0.2) is 0 Å². The first kappa shape index (κ1) is 20.4. The number of ether oxygens (including phenoxy) is 1. The molecule has 2 aliphatic heterocycles. The maximum absolute atomic E-state index is 12.8. The number of piperidine rings is 2. The summed E-state index contributed by atoms with van der Waals surface area (Å²) in [5.41, 5.74) is -0.0800. The van der Waals surface area contributed by atoms with Crippen molar-refractivity contribution in [1.82, 2.24) is 10.2 Å². The molecule has 1 aliphatic carbocycles. The number of nitrogens with zero attached hydrogens (tertiary/aromatic N) is 1. The van der Waals surface area contributed by atoms with Crippen LogP contribution in [0.15, 0.2) is 0 Å². The summed E-state index contributed by atoms with van der Waals surface area (Å²) in [6, 6.07) is 0.777. The molecule has 22 heavy (non-hydrogen) atoms. The third-order valence-electron chi connectivity index (χ3n) is 5.38. The summed E-state index contributed by atoms with van der Waals surface area (Å²) in [5, 5.41) is 3.44. The number of hydrogen-bond acceptors (Lipinski definition) is 3. The van der Waals surface area contributed by atoms with Crippen LogP contribution < -0.4 is 5.32 Å². The number of alkyl halides is 1. The highest BCUT2D eigenvalue weighted by Gasteiger charge is 2.43. The van der Waals surface area contributed by atoms with Gasteiger partial charge in [-0.1, -0.05) is 0 Å². The van der Waals surface area contributed by atoms with Gasteiger partial charge in [-0.15, -0.1) is 24.8 Å². The second-order valence-electron chi connectivity index (χ2n) is 7.13. The number of rotatable bonds is 6. The Kier molecular flexibility index (Phi) is 8.94. The van der Waals surface area contributed by atoms with Crippen LogP contribution in [0, 0.1) is 11.3 Å². The lowest BCUT2D eigenvalue weighted by Gasteiger charge is -2.40. The van der Waals surface area contributed by atoms with Gasteiger partial charge in [0.2, 0.25) is 0 Å². The summed E-state index contributed by atoms with van der Waals surface area (Å²) >= 11 is 0. The fourth-order valence-corrected chi connectivity index (χ4v) is 3.67. The van der Waals surface area contributed by atoms with E-state index in [1.165, 1.54) is 51.9 Å². The quantitative estimate of drug-likeness (QED) is 0.791. The smallest absolute Gasteiger partial charge is 0.0972 e. The van der Waals surface area contributed by atoms with Gasteiger partial charge in [-0.3, -0.25) is 9.29 Å². The fraction of sp³-hybridized carbons (Fsp3) is 1.00. The summed E-state index contributed by atoms with van der Waals surface area (Å²) in [7, 11) is 0. The molecule has 1 unspecified atom stereocenters. The van der Waals surface area contributed by atoms with E-state index in [-0.39, 0.29) is 36.9 Å². The standard InChI is InChI=1S/C16H29FN2O.2ClH/c17-12-16(5-6-16)13-20-11-14-2-1-9-19(10-14)15-3-7-18-8-4-15;;/h14-15,18H,1-13H2;2*1H. The average molecular weight is 357 g/mol. The summed E-state index contributed by atoms with van der Waals surface area (Å²) in [5.74, 6) is 0.661. The van der Waals surface area contributed by atoms with Crippen LogP contribution >= 0.6 is 24.8 Å². The Balaban J connectivity index is 0.00000121. The zero-order chi connectivity index (χ0) is 13.8. The Bertz CT molecular complexity index is 313. The highest BCUT2D eigenvalue weighted by Crippen LogP contribution is 2.46. The van der Waals surface area contributed by atoms with Crippen LogP contribution in [0.2, 0.25) is 0 Å². The molecule has 3 nitrogen and oxygen atoms in total. The highest BCUT2D eigenvalue weighted by atomic mass is 35.5. The third kappa shape index (κ3) is 5.48. The molecule has 0 aromatic carbocycles. The van der Waals surface area contributed by atoms with Gasteiger partial charge in [0.1, 0.15) is 0 Å². The Morgan fingerprint density at radius 2 is 1.86 bits per heavy atom. The van der Waals surface area contributed by atoms with Crippen LogP contribution in [0.1, 0.15) is 38.5 Å². The predicted octanol–water partition coefficient (Wildman–Crippen LogP) is 3.06. The molecule has 1 N–H and O–H groups in total. The Labute approximate surface area is 146 Å². The number of halogens is 3. The maximum atomic E-state index is 12.8. The van der Waals surface area contributed by atoms with Gasteiger partial charge in [-0.25, -0.2) is 0 Å². The van der Waals surface area contributed by atoms with Gasteiger partial charge in [0, 0.05) is 18.0 Å². The van der Waals surface area contributed by atoms with Gasteiger partial charge in [0.25, 0.3) is 0 Å². The van der Waals surface area contributed by atoms with Crippen molar-refractivity contribution in [3.05, 3.63) is 0 Å². The molecule has 0 spiro atoms. The van der Waals surface area contributed by atoms with Crippen molar-refractivity contribution in [2.45, 2.75) is 44.6 Å². The largest absolute Gasteiger partial charge is 0.380 e. The second kappa shape index (κ2) is 9.63. The van der Waals surface area contributed by atoms with Crippen molar-refractivity contribution in [3.63, 3.8) is 0 Å². The lowest BCUT2D eigenvalue weighted by atomic mass is 9.95. The molecule has 1 atom stereocenters. The van der Waals surface area contributed by atoms with E-state index in [4.69, 9.17) is 4.74 Å². The lowest BCUT2D eigenvalue weighted by molar-refractivity contribution is 0.0189. The van der Waals surface area contributed by atoms with Crippen LogP contribution in [-0.4, -0.2) is 57.0 Å². The molecular weight excluding hydrogens is 326 g/mol. The topological polar surface area (TPSA) is 24.5 Å². The molecule has 3 aliphatic rings. The van der Waals surface area contributed by atoms with E-state index in [9.17, 15) is 4.39 Å². The first-order chi connectivity index (χ1) is 9.81. The van der Waals surface area contributed by atoms with Crippen LogP contribution in [0.5, 0.6) is 0 Å². The molecule has 2 saturated heterocycles. The van der Waals surface area contributed by atoms with E-state index in [1.54, 1.807) is 0 Å². The molecule has 0 aromatic heterocycles. The Morgan fingerprint density at radius 1 is 1.14 bits per heavy atom. The molecule has 2 heterocycles. The SMILES string of the molecule is Cl.Cl.FCC1(COCC2CCCN(C3CCNCC3)C2)CC1. The van der Waals surface area contributed by atoms with Crippen molar-refractivity contribution >= 4 is 24.8 Å². The first-order valence-electron chi connectivity index (χ1n) is 8.40. The van der Waals surface area contributed by atoms with Crippen molar-refractivity contribution in [2.75, 3.05) is 46.1 Å². The van der Waals surface area contributed by atoms with Gasteiger partial charge in [0.05, 0.1) is 19.9 Å². The van der Waals surface area contributed by atoms with Gasteiger partial charge >= 0.3 is 0 Å². The fourth-order valence-electron chi connectivity index (χ4n) is 3.67. The van der Waals surface area contributed by atoms with Crippen molar-refractivity contribution in [2.24, 2.45) is 11.3 Å². The number of hydrogen-bond donors (Lipinski definition) is 1. The summed E-state index contributed by atoms with van der Waals surface area (Å²) in [6.45, 7) is 6.07. The maximum Gasteiger partial charge on any atom is 0.0972 e. The third-order valence-corrected chi connectivity index (χ3v) is 5.38. The molecule has 3 rings (SSSR count). The van der Waals surface area contributed by atoms with Crippen molar-refractivity contribution in [3.8, 4) is 0 Å². The van der Waals surface area contributed by atoms with Crippen molar-refractivity contribution < 1.29 is 9.13 Å². The molecule has 6 heteroatoms. The monoisotopic (exact) mass is 356 g/mol. The zero-order valence-electron chi connectivity index (χ0n) is 13.4. The minimum atomic E-state index is -0.196. The van der Waals surface area contributed by atoms with Gasteiger partial charge in [-0.2, -0.15) is 0 Å². The van der Waals surface area contributed by atoms with E-state index in [2.05, 4.69) is 10.2 Å². The number of likely N-dealkylation sites (tertiary alicyclic amines) is 1. The molecule has 0 amide bonds. The minimum Gasteiger partial charge on any atom is -0.380 e. The molecule has 0 radical (unpaired) electrons. The summed E-state index contributed by atoms with van der Waals surface area (Å²) in [4.78, 5) is 2.68. The molecular formula is C16H31Cl2FN2O. The Hall–Kier alpha value is 0.390. The van der Waals surface area contributed by atoms with Gasteiger partial charge in [-0.05, 0) is 64.1 Å². The van der Waals surface area contributed by atoms with Crippen LogP contribution in [-0.2, 0) is 4.74 Å². The Morgan fingerprint density at radius 3 is 2.50 bits per heavy atom. The predicted molar refractivity (Wildman–Crippen MR) is 93.1 cm³/mol. The van der Waals surface area contributed by atoms with Crippen molar-refractivity contribution in [1.29, 1.82) is 0 Å². The van der Waals surface area contributed by atoms with E-state index in [0.29, 0.717) is 12.5 Å². The van der Waals surface area contributed by atoms with E-state index < -0.39 is 0 Å². The second-order valence-corrected chi connectivity index (χ2v) is 7.13. The summed E-state index contributed by atoms with van der Waals surface area (Å²) in [6.07, 6.45) is 7.21. The van der Waals surface area contributed by atoms with E-state index in [0.717, 1.165) is 25.5 Å². The molecule has 0 aromatic rings. The summed E-state index contributed by atoms with van der Waals surface area (Å²) < 4.78 is 18.7. The lowest BCUT2D eigenvalue weighted by Crippen LogP contribution is -2.48. The molecule has 1 saturated carbocycles. The van der Waals surface area contributed by atoms with Crippen LogP contribution in [0.4, 0.5) is 4.39 Å². The van der Waals surface area contributed by atoms with E-state index >= 15 is 0 Å². The first-order valence-corrected chi connectivity index (χ1v) is 8.40. The van der Waals surface area contributed by atoms with E-state index in [1.807, 2.05) is 0 Å². The minimum absolute atomic E-state index is 0.